The number of nitrogens with zero attached hydrogens (tertiary/aromatic N) is 7. The Bertz CT molecular complexity index is 3600. The molecule has 1 atom stereocenters. The van der Waals surface area contributed by atoms with Crippen molar-refractivity contribution in [2.24, 2.45) is 5.73 Å². The summed E-state index contributed by atoms with van der Waals surface area (Å²) in [5, 5.41) is 34.5. The van der Waals surface area contributed by atoms with Crippen LogP contribution < -0.4 is 42.0 Å². The van der Waals surface area contributed by atoms with Crippen molar-refractivity contribution in [3.63, 3.8) is 0 Å². The highest BCUT2D eigenvalue weighted by molar-refractivity contribution is 7.22. The van der Waals surface area contributed by atoms with E-state index >= 15 is 4.39 Å². The van der Waals surface area contributed by atoms with Crippen molar-refractivity contribution >= 4 is 96.9 Å². The van der Waals surface area contributed by atoms with Gasteiger partial charge in [-0.2, -0.15) is 0 Å². The first-order valence-corrected chi connectivity index (χ1v) is 31.1. The molecular weight excluding hydrogens is 1210 g/mol. The van der Waals surface area contributed by atoms with Crippen LogP contribution in [-0.4, -0.2) is 150 Å². The largest absolute Gasteiger partial charge is 0.491 e. The van der Waals surface area contributed by atoms with Gasteiger partial charge < -0.3 is 65.8 Å². The number of carbonyl (C=O) groups excluding carboxylic acids is 5. The maximum Gasteiger partial charge on any atom is 0.411 e. The van der Waals surface area contributed by atoms with E-state index < -0.39 is 41.6 Å². The van der Waals surface area contributed by atoms with Crippen molar-refractivity contribution in [3.8, 4) is 42.3 Å². The predicted octanol–water partition coefficient (Wildman–Crippen LogP) is 9.46. The van der Waals surface area contributed by atoms with Crippen molar-refractivity contribution in [2.75, 3.05) is 82.6 Å². The van der Waals surface area contributed by atoms with Crippen molar-refractivity contribution in [2.45, 2.75) is 111 Å². The van der Waals surface area contributed by atoms with Gasteiger partial charge in [-0.05, 0) is 127 Å². The molecule has 8 N–H and O–H groups in total. The van der Waals surface area contributed by atoms with Gasteiger partial charge in [0, 0.05) is 45.9 Å². The van der Waals surface area contributed by atoms with Gasteiger partial charge in [0.15, 0.2) is 45.8 Å². The lowest BCUT2D eigenvalue weighted by molar-refractivity contribution is -0.896. The van der Waals surface area contributed by atoms with Gasteiger partial charge in [-0.3, -0.25) is 9.69 Å². The minimum Gasteiger partial charge on any atom is -0.491 e. The third-order valence-corrected chi connectivity index (χ3v) is 15.2. The number of nitrogens with one attached hydrogen (secondary N) is 5. The van der Waals surface area contributed by atoms with Crippen LogP contribution in [0.15, 0.2) is 60.7 Å². The summed E-state index contributed by atoms with van der Waals surface area (Å²) in [5.41, 5.74) is 9.92. The lowest BCUT2D eigenvalue weighted by atomic mass is 10.0. The molecular formula is C65H81FN13O10S2+. The number of carbonyl (C=O) groups is 6. The number of thiazole rings is 2. The van der Waals surface area contributed by atoms with Gasteiger partial charge in [-0.25, -0.2) is 33.5 Å². The summed E-state index contributed by atoms with van der Waals surface area (Å²) >= 11 is 2.82. The predicted molar refractivity (Wildman–Crippen MR) is 352 cm³/mol. The molecule has 0 radical (unpaired) electrons. The Labute approximate surface area is 539 Å². The normalized spacial score (nSPS) is 11.8. The zero-order chi connectivity index (χ0) is 66.7. The second kappa shape index (κ2) is 35.7. The first-order valence-electron chi connectivity index (χ1n) is 29.5. The number of aryl methyl sites for hydroxylation is 1. The van der Waals surface area contributed by atoms with E-state index in [-0.39, 0.29) is 50.2 Å². The third-order valence-electron chi connectivity index (χ3n) is 13.1. The fraction of sp³-hybridized carbons (Fsp3) is 0.415. The number of terminal acetylenes is 2. The number of aromatic nitrogens is 4. The number of para-hydroxylation sites is 1. The molecule has 0 aliphatic carbocycles. The van der Waals surface area contributed by atoms with E-state index in [4.69, 9.17) is 32.8 Å². The Morgan fingerprint density at radius 2 is 1.75 bits per heavy atom. The van der Waals surface area contributed by atoms with Crippen LogP contribution >= 0.6 is 22.7 Å². The number of carboxylic acids is 1. The number of fused-ring (bicyclic) bond motifs is 2. The number of aromatic carboxylic acids is 1. The number of primary amides is 1. The number of urea groups is 1. The summed E-state index contributed by atoms with van der Waals surface area (Å²) in [4.78, 5) is 83.4. The molecule has 0 saturated heterocycles. The second-order valence-electron chi connectivity index (χ2n) is 22.4. The van der Waals surface area contributed by atoms with E-state index in [9.17, 15) is 33.9 Å². The van der Waals surface area contributed by atoms with Crippen molar-refractivity contribution in [3.05, 3.63) is 105 Å². The van der Waals surface area contributed by atoms with Crippen molar-refractivity contribution in [1.29, 1.82) is 0 Å². The maximum absolute atomic E-state index is 15.4. The van der Waals surface area contributed by atoms with Crippen molar-refractivity contribution in [1.82, 2.24) is 41.0 Å². The number of halogens is 1. The number of likely N-dealkylation sites (N-methyl/N-ethyl adjacent to an activating group) is 1. The number of anilines is 5. The van der Waals surface area contributed by atoms with E-state index in [1.165, 1.54) is 46.1 Å². The summed E-state index contributed by atoms with van der Waals surface area (Å²) < 4.78 is 32.7. The summed E-state index contributed by atoms with van der Waals surface area (Å²) in [7, 11) is 5.62. The number of ether oxygens (including phenoxy) is 3. The van der Waals surface area contributed by atoms with E-state index in [1.807, 2.05) is 56.3 Å². The molecule has 26 heteroatoms. The van der Waals surface area contributed by atoms with Gasteiger partial charge in [0.2, 0.25) is 5.91 Å². The number of benzene rings is 3. The molecule has 3 aromatic carbocycles. The summed E-state index contributed by atoms with van der Waals surface area (Å²) in [6, 6.07) is 16.6. The van der Waals surface area contributed by atoms with Crippen LogP contribution in [-0.2, 0) is 45.0 Å². The molecule has 4 heterocycles. The number of carboxylic acid groups (broad SMARTS) is 1. The quantitative estimate of drug-likeness (QED) is 0.0121. The third kappa shape index (κ3) is 23.2. The van der Waals surface area contributed by atoms with E-state index in [0.717, 1.165) is 39.7 Å². The Balaban J connectivity index is 0.000000962. The zero-order valence-corrected chi connectivity index (χ0v) is 54.6. The minimum absolute atomic E-state index is 0.00505. The van der Waals surface area contributed by atoms with Crippen LogP contribution in [0.4, 0.5) is 46.4 Å². The average Bonchev–Trinajstić information content (AvgIpc) is 1.79. The molecule has 7 rings (SSSR count). The van der Waals surface area contributed by atoms with Gasteiger partial charge in [0.1, 0.15) is 25.0 Å². The summed E-state index contributed by atoms with van der Waals surface area (Å²) in [5.74, 6) is 10.3. The van der Waals surface area contributed by atoms with Gasteiger partial charge in [-0.1, -0.05) is 67.6 Å². The molecule has 3 aromatic heterocycles. The highest BCUT2D eigenvalue weighted by atomic mass is 32.1. The highest BCUT2D eigenvalue weighted by Gasteiger charge is 2.29. The topological polar surface area (TPSA) is 295 Å². The summed E-state index contributed by atoms with van der Waals surface area (Å²) in [6.45, 7) is 13.1. The lowest BCUT2D eigenvalue weighted by Gasteiger charge is -2.29. The van der Waals surface area contributed by atoms with Crippen LogP contribution in [0.1, 0.15) is 110 Å². The number of nitrogens with two attached hydrogens (primary N) is 1. The first kappa shape index (κ1) is 72.4. The van der Waals surface area contributed by atoms with E-state index in [0.29, 0.717) is 106 Å². The number of amides is 5. The lowest BCUT2D eigenvalue weighted by Crippen LogP contribution is -2.40. The Hall–Kier alpha value is -9.39. The average molecular weight is 1290 g/mol. The SMILES string of the molecule is C#CCOC(=O)N(CC#C)Cc1cc(NC(=O)C(CCCNC(N)=O)NC)ccc1C[N+](C)(C)CC#Cc1ccc(OCCCc2sc(N3CCCc4c3nnc(Nc3nc5ccccc5s3)c4C)nc2C(=O)O)c(F)c1.CC(C)(C)OC(=O)NCC=O.CCC. The number of hydrogen-bond donors (Lipinski definition) is 7. The molecule has 0 fully saturated rings. The monoisotopic (exact) mass is 1290 g/mol. The van der Waals surface area contributed by atoms with Gasteiger partial charge >= 0.3 is 24.2 Å². The van der Waals surface area contributed by atoms with Gasteiger partial charge in [0.25, 0.3) is 0 Å². The molecule has 91 heavy (non-hydrogen) atoms. The fourth-order valence-electron chi connectivity index (χ4n) is 8.98. The second-order valence-corrected chi connectivity index (χ2v) is 24.5. The minimum atomic E-state index is -1.14. The number of alkyl carbamates (subject to hydrolysis) is 1. The van der Waals surface area contributed by atoms with Crippen LogP contribution in [0.25, 0.3) is 10.2 Å². The number of aldehydes is 1. The molecule has 1 unspecified atom stereocenters. The maximum atomic E-state index is 15.4. The smallest absolute Gasteiger partial charge is 0.411 e. The van der Waals surface area contributed by atoms with Gasteiger partial charge in [0.05, 0.1) is 56.6 Å². The molecule has 1 aliphatic rings. The van der Waals surface area contributed by atoms with Gasteiger partial charge in [-0.15, -0.1) is 34.4 Å². The molecule has 484 valence electrons. The van der Waals surface area contributed by atoms with E-state index in [1.54, 1.807) is 46.0 Å². The number of hydrogen-bond acceptors (Lipinski definition) is 18. The van der Waals surface area contributed by atoms with Crippen LogP contribution in [0.3, 0.4) is 0 Å². The Morgan fingerprint density at radius 1 is 0.989 bits per heavy atom. The first-order chi connectivity index (χ1) is 43.4. The van der Waals surface area contributed by atoms with Crippen LogP contribution in [0, 0.1) is 49.3 Å². The number of quaternary nitrogens is 1. The van der Waals surface area contributed by atoms with Crippen LogP contribution in [0.5, 0.6) is 5.75 Å². The molecule has 23 nitrogen and oxygen atoms in total. The molecule has 6 aromatic rings. The molecule has 0 saturated carbocycles. The standard InChI is InChI=1S/C55H59FN12O7S2.C7H13NO3.C3H8/c1-7-26-66(55(73)75-29-8-2)33-38-32-39(60-50(69)43(58-4)18-11-25-59-52(57)72)23-22-37(38)34-68(5,6)28-13-15-36-21-24-44(41(56)31-36)74-30-14-20-46-47(51(70)71)62-54(77-46)67-27-12-16-40-35(3)48(64-65-49(40)67)63-53-61-42-17-9-10-19-45(42)76-53;1-7(2,3)11-6(10)8-4-5-9;1-3-2/h1-2,9-10,17,19,21-24,31-32,43,58H,11-12,14,16,18,20,25-30,33-34H2,3-6H3,(H5-,57,59,60,61,63,64,69,70,71,72);5H,4H2,1-3H3,(H,8,10);3H2,1-2H3/p+1. The van der Waals surface area contributed by atoms with Crippen LogP contribution in [0.2, 0.25) is 0 Å². The fourth-order valence-corrected chi connectivity index (χ4v) is 11.0. The molecule has 5 amide bonds. The van der Waals surface area contributed by atoms with Crippen molar-refractivity contribution < 1.29 is 57.0 Å². The zero-order valence-electron chi connectivity index (χ0n) is 52.9. The Kier molecular flexibility index (Phi) is 28.4. The molecule has 0 bridgehead atoms. The summed E-state index contributed by atoms with van der Waals surface area (Å²) in [6.07, 6.45) is 14.8. The Morgan fingerprint density at radius 3 is 2.42 bits per heavy atom. The van der Waals surface area contributed by atoms with E-state index in [2.05, 4.69) is 84.3 Å². The molecule has 0 spiro atoms. The highest BCUT2D eigenvalue weighted by Crippen LogP contribution is 2.39. The molecule has 1 aliphatic heterocycles. The number of rotatable bonds is 25.